The number of benzene rings is 2. The molecule has 0 spiro atoms. The van der Waals surface area contributed by atoms with Gasteiger partial charge in [-0.3, -0.25) is 14.7 Å². The maximum Gasteiger partial charge on any atom is 0.161 e. The molecule has 2 N–H and O–H groups in total. The monoisotopic (exact) mass is 506 g/mol. The van der Waals surface area contributed by atoms with Gasteiger partial charge in [0.1, 0.15) is 5.82 Å². The summed E-state index contributed by atoms with van der Waals surface area (Å²) in [6.07, 6.45) is 5.41. The van der Waals surface area contributed by atoms with Crippen molar-refractivity contribution in [3.8, 4) is 6.07 Å². The molecular formula is C31H30N4OS. The summed E-state index contributed by atoms with van der Waals surface area (Å²) in [6, 6.07) is 18.9. The Labute approximate surface area is 222 Å². The van der Waals surface area contributed by atoms with Crippen molar-refractivity contribution in [1.82, 2.24) is 4.98 Å². The van der Waals surface area contributed by atoms with Gasteiger partial charge in [-0.1, -0.05) is 30.3 Å². The van der Waals surface area contributed by atoms with E-state index >= 15 is 0 Å². The fourth-order valence-electron chi connectivity index (χ4n) is 5.43. The fraction of sp³-hybridized carbons (Fsp3) is 0.258. The van der Waals surface area contributed by atoms with E-state index in [1.807, 2.05) is 28.8 Å². The first-order valence-electron chi connectivity index (χ1n) is 12.5. The Kier molecular flexibility index (Phi) is 6.90. The Morgan fingerprint density at radius 2 is 1.89 bits per heavy atom. The molecule has 0 amide bonds. The van der Waals surface area contributed by atoms with Crippen LogP contribution in [0.5, 0.6) is 0 Å². The van der Waals surface area contributed by atoms with Crippen molar-refractivity contribution < 1.29 is 4.79 Å². The summed E-state index contributed by atoms with van der Waals surface area (Å²) in [5, 5.41) is 10.4. The highest BCUT2D eigenvalue weighted by molar-refractivity contribution is 7.98. The number of ketones is 1. The van der Waals surface area contributed by atoms with E-state index in [1.54, 1.807) is 12.4 Å². The number of thioether (sulfide) groups is 1. The Balaban J connectivity index is 1.63. The van der Waals surface area contributed by atoms with Gasteiger partial charge in [-0.2, -0.15) is 5.26 Å². The van der Waals surface area contributed by atoms with Crippen LogP contribution in [-0.2, 0) is 10.5 Å². The molecule has 2 heterocycles. The molecule has 1 unspecified atom stereocenters. The third-order valence-corrected chi connectivity index (χ3v) is 8.55. The SMILES string of the molecule is Cc1cc(C)c(C2C(C#N)=C(N)N(c3cccnc3)C3=C2C(=O)CCC3)cc1CSc1ccccc1C. The fourth-order valence-corrected chi connectivity index (χ4v) is 6.53. The van der Waals surface area contributed by atoms with Crippen molar-refractivity contribution in [2.75, 3.05) is 4.90 Å². The number of aryl methyl sites for hydroxylation is 3. The second-order valence-electron chi connectivity index (χ2n) is 9.72. The standard InChI is InChI=1S/C31H30N4OS/c1-19-8-4-5-12-28(19)37-18-22-15-24(21(3)14-20(22)2)29-25(16-32)31(33)35(23-9-7-13-34-17-23)26-10-6-11-27(36)30(26)29/h4-5,7-9,12-15,17,29H,6,10-11,18,33H2,1-3H3. The van der Waals surface area contributed by atoms with E-state index in [0.717, 1.165) is 41.1 Å². The van der Waals surface area contributed by atoms with Gasteiger partial charge in [-0.05, 0) is 79.6 Å². The molecule has 0 fully saturated rings. The average molecular weight is 507 g/mol. The molecule has 1 atom stereocenters. The van der Waals surface area contributed by atoms with Gasteiger partial charge >= 0.3 is 0 Å². The number of aromatic nitrogens is 1. The molecule has 0 bridgehead atoms. The molecule has 5 rings (SSSR count). The van der Waals surface area contributed by atoms with E-state index < -0.39 is 5.92 Å². The lowest BCUT2D eigenvalue weighted by Crippen LogP contribution is -2.39. The largest absolute Gasteiger partial charge is 0.384 e. The van der Waals surface area contributed by atoms with Crippen molar-refractivity contribution >= 4 is 23.2 Å². The number of nitrogens with two attached hydrogens (primary N) is 1. The number of anilines is 1. The molecular weight excluding hydrogens is 476 g/mol. The van der Waals surface area contributed by atoms with E-state index in [-0.39, 0.29) is 5.78 Å². The van der Waals surface area contributed by atoms with Gasteiger partial charge in [0.2, 0.25) is 0 Å². The molecule has 186 valence electrons. The van der Waals surface area contributed by atoms with E-state index in [0.29, 0.717) is 23.4 Å². The normalized spacial score (nSPS) is 17.6. The maximum atomic E-state index is 13.5. The maximum absolute atomic E-state index is 13.5. The number of nitrogens with zero attached hydrogens (tertiary/aromatic N) is 3. The van der Waals surface area contributed by atoms with E-state index in [1.165, 1.54) is 21.6 Å². The van der Waals surface area contributed by atoms with Gasteiger partial charge in [0.25, 0.3) is 0 Å². The summed E-state index contributed by atoms with van der Waals surface area (Å²) in [6.45, 7) is 6.31. The number of carbonyl (C=O) groups is 1. The number of pyridine rings is 1. The molecule has 0 saturated carbocycles. The lowest BCUT2D eigenvalue weighted by Gasteiger charge is -2.40. The van der Waals surface area contributed by atoms with E-state index in [9.17, 15) is 10.1 Å². The molecule has 2 aromatic carbocycles. The van der Waals surface area contributed by atoms with Crippen molar-refractivity contribution in [3.63, 3.8) is 0 Å². The summed E-state index contributed by atoms with van der Waals surface area (Å²) in [5.41, 5.74) is 15.2. The third kappa shape index (κ3) is 4.56. The van der Waals surface area contributed by atoms with Gasteiger partial charge in [-0.25, -0.2) is 0 Å². The zero-order valence-corrected chi connectivity index (χ0v) is 22.2. The average Bonchev–Trinajstić information content (AvgIpc) is 2.89. The Hall–Kier alpha value is -3.82. The summed E-state index contributed by atoms with van der Waals surface area (Å²) in [7, 11) is 0. The van der Waals surface area contributed by atoms with Crippen LogP contribution in [0.15, 0.2) is 88.5 Å². The Morgan fingerprint density at radius 1 is 1.08 bits per heavy atom. The third-order valence-electron chi connectivity index (χ3n) is 7.33. The highest BCUT2D eigenvalue weighted by Gasteiger charge is 2.41. The minimum atomic E-state index is -0.469. The van der Waals surface area contributed by atoms with Gasteiger partial charge < -0.3 is 5.73 Å². The number of carbonyl (C=O) groups excluding carboxylic acids is 1. The molecule has 6 heteroatoms. The highest BCUT2D eigenvalue weighted by atomic mass is 32.2. The van der Waals surface area contributed by atoms with Crippen LogP contribution < -0.4 is 10.6 Å². The topological polar surface area (TPSA) is 83.0 Å². The number of rotatable bonds is 5. The minimum Gasteiger partial charge on any atom is -0.384 e. The first-order valence-corrected chi connectivity index (χ1v) is 13.5. The van der Waals surface area contributed by atoms with E-state index in [2.05, 4.69) is 68.2 Å². The minimum absolute atomic E-state index is 0.0937. The summed E-state index contributed by atoms with van der Waals surface area (Å²) in [4.78, 5) is 20.9. The molecule has 37 heavy (non-hydrogen) atoms. The van der Waals surface area contributed by atoms with E-state index in [4.69, 9.17) is 5.73 Å². The molecule has 1 aliphatic heterocycles. The molecule has 5 nitrogen and oxygen atoms in total. The van der Waals surface area contributed by atoms with Crippen LogP contribution >= 0.6 is 11.8 Å². The summed E-state index contributed by atoms with van der Waals surface area (Å²) >= 11 is 1.81. The van der Waals surface area contributed by atoms with Crippen molar-refractivity contribution in [3.05, 3.63) is 111 Å². The predicted molar refractivity (Wildman–Crippen MR) is 149 cm³/mol. The molecule has 0 saturated heterocycles. The second-order valence-corrected chi connectivity index (χ2v) is 10.7. The van der Waals surface area contributed by atoms with Gasteiger partial charge in [0.15, 0.2) is 5.78 Å². The second kappa shape index (κ2) is 10.3. The summed E-state index contributed by atoms with van der Waals surface area (Å²) < 4.78 is 0. The molecule has 1 aromatic heterocycles. The van der Waals surface area contributed by atoms with Crippen LogP contribution in [0, 0.1) is 32.1 Å². The first-order chi connectivity index (χ1) is 17.9. The van der Waals surface area contributed by atoms with Crippen molar-refractivity contribution in [2.24, 2.45) is 5.73 Å². The zero-order valence-electron chi connectivity index (χ0n) is 21.4. The first kappa shape index (κ1) is 24.9. The number of hydrogen-bond acceptors (Lipinski definition) is 6. The molecule has 1 aliphatic carbocycles. The number of Topliss-reactive ketones (excluding diaryl/α,β-unsaturated/α-hetero) is 1. The Bertz CT molecular complexity index is 1480. The Morgan fingerprint density at radius 3 is 2.62 bits per heavy atom. The predicted octanol–water partition coefficient (Wildman–Crippen LogP) is 6.60. The van der Waals surface area contributed by atoms with Crippen LogP contribution in [0.4, 0.5) is 5.69 Å². The van der Waals surface area contributed by atoms with Crippen molar-refractivity contribution in [1.29, 1.82) is 5.26 Å². The number of allylic oxidation sites excluding steroid dienone is 3. The van der Waals surface area contributed by atoms with Gasteiger partial charge in [-0.15, -0.1) is 11.8 Å². The lowest BCUT2D eigenvalue weighted by molar-refractivity contribution is -0.116. The summed E-state index contributed by atoms with van der Waals surface area (Å²) in [5.74, 6) is 0.809. The molecule has 2 aliphatic rings. The van der Waals surface area contributed by atoms with Gasteiger partial charge in [0.05, 0.1) is 29.4 Å². The lowest BCUT2D eigenvalue weighted by atomic mass is 9.74. The van der Waals surface area contributed by atoms with Crippen LogP contribution in [-0.4, -0.2) is 10.8 Å². The number of hydrogen-bond donors (Lipinski definition) is 1. The van der Waals surface area contributed by atoms with Crippen LogP contribution in [0.3, 0.4) is 0 Å². The smallest absolute Gasteiger partial charge is 0.161 e. The molecule has 0 radical (unpaired) electrons. The van der Waals surface area contributed by atoms with Crippen molar-refractivity contribution in [2.45, 2.75) is 56.6 Å². The van der Waals surface area contributed by atoms with Crippen LogP contribution in [0.1, 0.15) is 53.0 Å². The van der Waals surface area contributed by atoms with Gasteiger partial charge in [0, 0.05) is 34.5 Å². The highest BCUT2D eigenvalue weighted by Crippen LogP contribution is 2.47. The molecule has 3 aromatic rings. The quantitative estimate of drug-likeness (QED) is 0.392. The zero-order chi connectivity index (χ0) is 26.1. The van der Waals surface area contributed by atoms with Crippen LogP contribution in [0.2, 0.25) is 0 Å². The number of nitriles is 1. The van der Waals surface area contributed by atoms with Crippen LogP contribution in [0.25, 0.3) is 0 Å².